The number of rotatable bonds is 2. The number of amides is 1. The Labute approximate surface area is 161 Å². The van der Waals surface area contributed by atoms with Gasteiger partial charge in [0.05, 0.1) is 30.7 Å². The van der Waals surface area contributed by atoms with Gasteiger partial charge in [-0.3, -0.25) is 4.79 Å². The largest absolute Gasteiger partial charge is 0.416 e. The Morgan fingerprint density at radius 3 is 2.75 bits per heavy atom. The Hall–Kier alpha value is -2.42. The first-order valence-electron chi connectivity index (χ1n) is 9.22. The Morgan fingerprint density at radius 2 is 2.04 bits per heavy atom. The van der Waals surface area contributed by atoms with E-state index in [1.807, 2.05) is 6.92 Å². The van der Waals surface area contributed by atoms with Gasteiger partial charge in [0.1, 0.15) is 0 Å². The summed E-state index contributed by atoms with van der Waals surface area (Å²) in [5.41, 5.74) is 0.831. The van der Waals surface area contributed by atoms with Crippen molar-refractivity contribution in [2.75, 3.05) is 13.2 Å². The van der Waals surface area contributed by atoms with E-state index in [9.17, 15) is 18.0 Å². The second-order valence-electron chi connectivity index (χ2n) is 7.20. The highest BCUT2D eigenvalue weighted by Crippen LogP contribution is 2.29. The summed E-state index contributed by atoms with van der Waals surface area (Å²) in [7, 11) is 0. The van der Waals surface area contributed by atoms with Crippen LogP contribution >= 0.6 is 0 Å². The first-order chi connectivity index (χ1) is 13.3. The molecule has 6 nitrogen and oxygen atoms in total. The Bertz CT molecular complexity index is 789. The van der Waals surface area contributed by atoms with E-state index in [0.29, 0.717) is 44.7 Å². The van der Waals surface area contributed by atoms with Crippen LogP contribution in [-0.4, -0.2) is 34.1 Å². The summed E-state index contributed by atoms with van der Waals surface area (Å²) in [6, 6.07) is 4.97. The molecule has 0 fully saturated rings. The quantitative estimate of drug-likeness (QED) is 0.848. The number of nitrogens with one attached hydrogen (secondary N) is 1. The number of ether oxygens (including phenoxy) is 1. The van der Waals surface area contributed by atoms with E-state index in [1.165, 1.54) is 12.1 Å². The molecular weight excluding hydrogens is 373 g/mol. The molecule has 0 spiro atoms. The molecule has 1 aliphatic heterocycles. The number of hydrogen-bond acceptors (Lipinski definition) is 4. The van der Waals surface area contributed by atoms with Crippen LogP contribution in [0.3, 0.4) is 0 Å². The molecule has 2 atom stereocenters. The minimum atomic E-state index is -4.37. The normalized spacial score (nSPS) is 21.9. The van der Waals surface area contributed by atoms with Gasteiger partial charge in [-0.25, -0.2) is 4.68 Å². The van der Waals surface area contributed by atoms with E-state index in [4.69, 9.17) is 4.74 Å². The van der Waals surface area contributed by atoms with Crippen molar-refractivity contribution in [3.05, 3.63) is 47.3 Å². The molecule has 0 saturated carbocycles. The molecule has 1 aliphatic rings. The van der Waals surface area contributed by atoms with Crippen molar-refractivity contribution in [3.8, 4) is 0 Å². The molecule has 1 N–H and O–H groups in total. The van der Waals surface area contributed by atoms with Crippen LogP contribution in [0.25, 0.3) is 0 Å². The van der Waals surface area contributed by atoms with E-state index in [1.54, 1.807) is 10.9 Å². The molecule has 1 aromatic carbocycles. The second kappa shape index (κ2) is 8.72. The maximum Gasteiger partial charge on any atom is 0.416 e. The number of hydrogen-bond donors (Lipinski definition) is 1. The SMILES string of the molecule is C[C@H]1CNC(=O)[C@H](Cc2ccc(C(F)(F)F)cc2)CCn2nncc2COC1. The van der Waals surface area contributed by atoms with E-state index in [-0.39, 0.29) is 17.7 Å². The number of fused-ring (bicyclic) bond motifs is 1. The van der Waals surface area contributed by atoms with Crippen molar-refractivity contribution < 1.29 is 22.7 Å². The van der Waals surface area contributed by atoms with Crippen molar-refractivity contribution in [1.82, 2.24) is 20.3 Å². The van der Waals surface area contributed by atoms with Gasteiger partial charge in [0.25, 0.3) is 0 Å². The fourth-order valence-corrected chi connectivity index (χ4v) is 3.14. The van der Waals surface area contributed by atoms with Crippen LogP contribution in [0.15, 0.2) is 30.5 Å². The van der Waals surface area contributed by atoms with E-state index >= 15 is 0 Å². The number of aryl methyl sites for hydroxylation is 1. The first-order valence-corrected chi connectivity index (χ1v) is 9.22. The van der Waals surface area contributed by atoms with Gasteiger partial charge in [0, 0.05) is 19.0 Å². The highest BCUT2D eigenvalue weighted by atomic mass is 19.4. The summed E-state index contributed by atoms with van der Waals surface area (Å²) < 4.78 is 45.6. The third-order valence-corrected chi connectivity index (χ3v) is 4.80. The Balaban J connectivity index is 1.75. The predicted molar refractivity (Wildman–Crippen MR) is 95.1 cm³/mol. The highest BCUT2D eigenvalue weighted by Gasteiger charge is 2.30. The molecule has 152 valence electrons. The fraction of sp³-hybridized carbons (Fsp3) is 0.526. The van der Waals surface area contributed by atoms with Gasteiger partial charge in [-0.1, -0.05) is 24.3 Å². The van der Waals surface area contributed by atoms with Crippen molar-refractivity contribution in [2.45, 2.75) is 39.1 Å². The van der Waals surface area contributed by atoms with Gasteiger partial charge in [-0.2, -0.15) is 13.2 Å². The summed E-state index contributed by atoms with van der Waals surface area (Å²) in [5, 5.41) is 10.9. The molecule has 0 saturated heterocycles. The zero-order chi connectivity index (χ0) is 20.1. The standard InChI is InChI=1S/C19H23F3N4O2/c1-13-9-23-18(27)15(6-7-26-17(10-24-25-26)12-28-11-13)8-14-2-4-16(5-3-14)19(20,21)22/h2-5,10,13,15H,6-9,11-12H2,1H3,(H,23,27)/t13-,15-/m0/s1. The number of aromatic nitrogens is 3. The minimum absolute atomic E-state index is 0.117. The Kier molecular flexibility index (Phi) is 6.33. The van der Waals surface area contributed by atoms with Gasteiger partial charge in [-0.15, -0.1) is 5.10 Å². The third-order valence-electron chi connectivity index (χ3n) is 4.80. The third kappa shape index (κ3) is 5.31. The lowest BCUT2D eigenvalue weighted by molar-refractivity contribution is -0.137. The highest BCUT2D eigenvalue weighted by molar-refractivity contribution is 5.78. The fourth-order valence-electron chi connectivity index (χ4n) is 3.14. The number of carbonyl (C=O) groups is 1. The van der Waals surface area contributed by atoms with Crippen molar-refractivity contribution in [3.63, 3.8) is 0 Å². The summed E-state index contributed by atoms with van der Waals surface area (Å²) >= 11 is 0. The smallest absolute Gasteiger partial charge is 0.375 e. The predicted octanol–water partition coefficient (Wildman–Crippen LogP) is 2.83. The average Bonchev–Trinajstić information content (AvgIpc) is 3.09. The number of carbonyl (C=O) groups excluding carboxylic acids is 1. The summed E-state index contributed by atoms with van der Waals surface area (Å²) in [6.45, 7) is 3.84. The van der Waals surface area contributed by atoms with Gasteiger partial charge in [0.2, 0.25) is 5.91 Å². The molecule has 3 rings (SSSR count). The molecule has 2 aromatic rings. The lowest BCUT2D eigenvalue weighted by Gasteiger charge is -2.21. The van der Waals surface area contributed by atoms with Gasteiger partial charge >= 0.3 is 6.18 Å². The molecule has 0 unspecified atom stereocenters. The minimum Gasteiger partial charge on any atom is -0.375 e. The van der Waals surface area contributed by atoms with Crippen LogP contribution in [-0.2, 0) is 35.3 Å². The van der Waals surface area contributed by atoms with Crippen LogP contribution in [0.5, 0.6) is 0 Å². The summed E-state index contributed by atoms with van der Waals surface area (Å²) in [5.74, 6) is -0.352. The van der Waals surface area contributed by atoms with Gasteiger partial charge in [0.15, 0.2) is 0 Å². The first kappa shape index (κ1) is 20.3. The number of halogens is 3. The maximum absolute atomic E-state index is 12.8. The molecule has 2 heterocycles. The zero-order valence-corrected chi connectivity index (χ0v) is 15.6. The van der Waals surface area contributed by atoms with Crippen LogP contribution in [0.2, 0.25) is 0 Å². The van der Waals surface area contributed by atoms with Crippen LogP contribution in [0.4, 0.5) is 13.2 Å². The zero-order valence-electron chi connectivity index (χ0n) is 15.6. The molecule has 0 bridgehead atoms. The summed E-state index contributed by atoms with van der Waals surface area (Å²) in [6.07, 6.45) is -1.87. The van der Waals surface area contributed by atoms with Gasteiger partial charge in [-0.05, 0) is 36.5 Å². The van der Waals surface area contributed by atoms with Crippen molar-refractivity contribution in [1.29, 1.82) is 0 Å². The number of alkyl halides is 3. The van der Waals surface area contributed by atoms with Crippen LogP contribution < -0.4 is 5.32 Å². The molecule has 28 heavy (non-hydrogen) atoms. The molecule has 1 aromatic heterocycles. The molecule has 0 radical (unpaired) electrons. The summed E-state index contributed by atoms with van der Waals surface area (Å²) in [4.78, 5) is 12.7. The van der Waals surface area contributed by atoms with Crippen LogP contribution in [0, 0.1) is 11.8 Å². The molecule has 1 amide bonds. The monoisotopic (exact) mass is 396 g/mol. The van der Waals surface area contributed by atoms with Crippen molar-refractivity contribution >= 4 is 5.91 Å². The second-order valence-corrected chi connectivity index (χ2v) is 7.20. The lowest BCUT2D eigenvalue weighted by atomic mass is 9.94. The van der Waals surface area contributed by atoms with Crippen LogP contribution in [0.1, 0.15) is 30.2 Å². The van der Waals surface area contributed by atoms with E-state index in [0.717, 1.165) is 17.8 Å². The lowest BCUT2D eigenvalue weighted by Crippen LogP contribution is -2.36. The topological polar surface area (TPSA) is 69.0 Å². The Morgan fingerprint density at radius 1 is 1.29 bits per heavy atom. The van der Waals surface area contributed by atoms with E-state index in [2.05, 4.69) is 15.6 Å². The van der Waals surface area contributed by atoms with Gasteiger partial charge < -0.3 is 10.1 Å². The van der Waals surface area contributed by atoms with Crippen molar-refractivity contribution in [2.24, 2.45) is 11.8 Å². The number of nitrogens with zero attached hydrogens (tertiary/aromatic N) is 3. The van der Waals surface area contributed by atoms with E-state index < -0.39 is 11.7 Å². The maximum atomic E-state index is 12.8. The molecular formula is C19H23F3N4O2. The number of benzene rings is 1. The molecule has 9 heteroatoms. The molecule has 0 aliphatic carbocycles. The average molecular weight is 396 g/mol.